The zero-order valence-electron chi connectivity index (χ0n) is 8.32. The first-order valence-corrected chi connectivity index (χ1v) is 4.22. The lowest BCUT2D eigenvalue weighted by Gasteiger charge is -2.16. The van der Waals surface area contributed by atoms with Crippen molar-refractivity contribution in [1.82, 2.24) is 9.97 Å². The molecule has 0 bridgehead atoms. The van der Waals surface area contributed by atoms with Crippen LogP contribution in [-0.2, 0) is 4.74 Å². The van der Waals surface area contributed by atoms with Crippen LogP contribution in [0.3, 0.4) is 0 Å². The molecular formula is C9H15N3O. The van der Waals surface area contributed by atoms with E-state index in [0.29, 0.717) is 6.61 Å². The van der Waals surface area contributed by atoms with E-state index in [0.717, 1.165) is 18.1 Å². The lowest BCUT2D eigenvalue weighted by Crippen LogP contribution is -2.23. The molecule has 1 heterocycles. The highest BCUT2D eigenvalue weighted by atomic mass is 16.5. The Labute approximate surface area is 78.6 Å². The second kappa shape index (κ2) is 4.77. The summed E-state index contributed by atoms with van der Waals surface area (Å²) in [5, 5.41) is 0. The molecule has 0 aliphatic heterocycles. The lowest BCUT2D eigenvalue weighted by molar-refractivity contribution is 0.206. The maximum absolute atomic E-state index is 4.97. The Hall–Kier alpha value is -1.16. The first kappa shape index (κ1) is 9.92. The molecule has 0 saturated carbocycles. The number of anilines is 1. The minimum absolute atomic E-state index is 0.700. The van der Waals surface area contributed by atoms with Crippen molar-refractivity contribution in [2.75, 3.05) is 32.2 Å². The van der Waals surface area contributed by atoms with Gasteiger partial charge in [0.25, 0.3) is 0 Å². The number of hydrogen-bond donors (Lipinski definition) is 0. The molecule has 0 radical (unpaired) electrons. The number of likely N-dealkylation sites (N-methyl/N-ethyl adjacent to an activating group) is 1. The number of ether oxygens (including phenoxy) is 1. The van der Waals surface area contributed by atoms with E-state index in [-0.39, 0.29) is 0 Å². The van der Waals surface area contributed by atoms with Gasteiger partial charge in [-0.3, -0.25) is 4.98 Å². The normalized spacial score (nSPS) is 10.1. The SMILES string of the molecule is COCCN(C)c1cnc(C)cn1. The van der Waals surface area contributed by atoms with E-state index >= 15 is 0 Å². The first-order chi connectivity index (χ1) is 6.24. The van der Waals surface area contributed by atoms with Crippen LogP contribution in [0.15, 0.2) is 12.4 Å². The first-order valence-electron chi connectivity index (χ1n) is 4.22. The van der Waals surface area contributed by atoms with Crippen LogP contribution in [0.1, 0.15) is 5.69 Å². The summed E-state index contributed by atoms with van der Waals surface area (Å²) >= 11 is 0. The predicted molar refractivity (Wildman–Crippen MR) is 51.9 cm³/mol. The molecule has 0 fully saturated rings. The molecule has 0 spiro atoms. The number of hydrogen-bond acceptors (Lipinski definition) is 4. The van der Waals surface area contributed by atoms with Crippen LogP contribution in [0.5, 0.6) is 0 Å². The third-order valence-electron chi connectivity index (χ3n) is 1.79. The lowest BCUT2D eigenvalue weighted by atomic mass is 10.5. The van der Waals surface area contributed by atoms with Gasteiger partial charge in [0.2, 0.25) is 0 Å². The van der Waals surface area contributed by atoms with Crippen molar-refractivity contribution < 1.29 is 4.74 Å². The third kappa shape index (κ3) is 2.99. The minimum atomic E-state index is 0.700. The van der Waals surface area contributed by atoms with Gasteiger partial charge in [-0.2, -0.15) is 0 Å². The highest BCUT2D eigenvalue weighted by Crippen LogP contribution is 2.05. The molecule has 0 aliphatic carbocycles. The molecule has 1 aromatic rings. The van der Waals surface area contributed by atoms with E-state index in [2.05, 4.69) is 9.97 Å². The van der Waals surface area contributed by atoms with E-state index in [4.69, 9.17) is 4.74 Å². The van der Waals surface area contributed by atoms with Crippen molar-refractivity contribution in [2.24, 2.45) is 0 Å². The fourth-order valence-corrected chi connectivity index (χ4v) is 0.926. The number of nitrogens with zero attached hydrogens (tertiary/aromatic N) is 3. The van der Waals surface area contributed by atoms with Gasteiger partial charge in [-0.05, 0) is 6.92 Å². The molecule has 0 N–H and O–H groups in total. The summed E-state index contributed by atoms with van der Waals surface area (Å²) in [5.74, 6) is 0.877. The smallest absolute Gasteiger partial charge is 0.146 e. The summed E-state index contributed by atoms with van der Waals surface area (Å²) in [5.41, 5.74) is 0.934. The molecule has 0 aromatic carbocycles. The van der Waals surface area contributed by atoms with Gasteiger partial charge < -0.3 is 9.64 Å². The van der Waals surface area contributed by atoms with Gasteiger partial charge in [-0.1, -0.05) is 0 Å². The van der Waals surface area contributed by atoms with E-state index in [1.165, 1.54) is 0 Å². The summed E-state index contributed by atoms with van der Waals surface area (Å²) < 4.78 is 4.97. The molecule has 0 unspecified atom stereocenters. The molecule has 13 heavy (non-hydrogen) atoms. The summed E-state index contributed by atoms with van der Waals surface area (Å²) in [6, 6.07) is 0. The zero-order valence-corrected chi connectivity index (χ0v) is 8.32. The van der Waals surface area contributed by atoms with Crippen LogP contribution in [-0.4, -0.2) is 37.3 Å². The second-order valence-corrected chi connectivity index (χ2v) is 2.93. The number of aromatic nitrogens is 2. The van der Waals surface area contributed by atoms with Crippen LogP contribution in [0.2, 0.25) is 0 Å². The summed E-state index contributed by atoms with van der Waals surface area (Å²) in [7, 11) is 3.66. The summed E-state index contributed by atoms with van der Waals surface area (Å²) in [6.45, 7) is 3.45. The van der Waals surface area contributed by atoms with Crippen molar-refractivity contribution in [1.29, 1.82) is 0 Å². The van der Waals surface area contributed by atoms with Crippen molar-refractivity contribution in [3.8, 4) is 0 Å². The van der Waals surface area contributed by atoms with Crippen molar-refractivity contribution >= 4 is 5.82 Å². The summed E-state index contributed by atoms with van der Waals surface area (Å²) in [4.78, 5) is 10.4. The highest BCUT2D eigenvalue weighted by molar-refractivity contribution is 5.34. The van der Waals surface area contributed by atoms with Gasteiger partial charge >= 0.3 is 0 Å². The van der Waals surface area contributed by atoms with Crippen LogP contribution < -0.4 is 4.90 Å². The van der Waals surface area contributed by atoms with Gasteiger partial charge in [-0.25, -0.2) is 4.98 Å². The number of aryl methyl sites for hydroxylation is 1. The van der Waals surface area contributed by atoms with Crippen LogP contribution in [0, 0.1) is 6.92 Å². The minimum Gasteiger partial charge on any atom is -0.383 e. The van der Waals surface area contributed by atoms with Crippen molar-refractivity contribution in [3.63, 3.8) is 0 Å². The maximum atomic E-state index is 4.97. The Morgan fingerprint density at radius 2 is 2.15 bits per heavy atom. The van der Waals surface area contributed by atoms with E-state index in [9.17, 15) is 0 Å². The molecule has 72 valence electrons. The van der Waals surface area contributed by atoms with Crippen LogP contribution >= 0.6 is 0 Å². The number of rotatable bonds is 4. The average molecular weight is 181 g/mol. The monoisotopic (exact) mass is 181 g/mol. The quantitative estimate of drug-likeness (QED) is 0.690. The third-order valence-corrected chi connectivity index (χ3v) is 1.79. The molecule has 4 nitrogen and oxygen atoms in total. The van der Waals surface area contributed by atoms with Gasteiger partial charge in [0.05, 0.1) is 24.7 Å². The topological polar surface area (TPSA) is 38.2 Å². The fourth-order valence-electron chi connectivity index (χ4n) is 0.926. The van der Waals surface area contributed by atoms with Gasteiger partial charge in [0, 0.05) is 20.7 Å². The summed E-state index contributed by atoms with van der Waals surface area (Å²) in [6.07, 6.45) is 3.53. The molecule has 0 amide bonds. The predicted octanol–water partition coefficient (Wildman–Crippen LogP) is 0.868. The Morgan fingerprint density at radius 3 is 2.69 bits per heavy atom. The van der Waals surface area contributed by atoms with Gasteiger partial charge in [0.15, 0.2) is 0 Å². The van der Waals surface area contributed by atoms with Gasteiger partial charge in [-0.15, -0.1) is 0 Å². The number of methoxy groups -OCH3 is 1. The Balaban J connectivity index is 2.55. The van der Waals surface area contributed by atoms with Crippen molar-refractivity contribution in [3.05, 3.63) is 18.1 Å². The highest BCUT2D eigenvalue weighted by Gasteiger charge is 2.00. The van der Waals surface area contributed by atoms with Crippen molar-refractivity contribution in [2.45, 2.75) is 6.92 Å². The Kier molecular flexibility index (Phi) is 3.64. The Bertz CT molecular complexity index is 248. The zero-order chi connectivity index (χ0) is 9.68. The Morgan fingerprint density at radius 1 is 1.38 bits per heavy atom. The van der Waals surface area contributed by atoms with E-state index in [1.807, 2.05) is 18.9 Å². The second-order valence-electron chi connectivity index (χ2n) is 2.93. The molecule has 0 aliphatic rings. The van der Waals surface area contributed by atoms with E-state index in [1.54, 1.807) is 19.5 Å². The average Bonchev–Trinajstić information content (AvgIpc) is 2.15. The van der Waals surface area contributed by atoms with Crippen LogP contribution in [0.4, 0.5) is 5.82 Å². The molecule has 4 heteroatoms. The fraction of sp³-hybridized carbons (Fsp3) is 0.556. The standard InChI is InChI=1S/C9H15N3O/c1-8-6-11-9(7-10-8)12(2)4-5-13-3/h6-7H,4-5H2,1-3H3. The van der Waals surface area contributed by atoms with E-state index < -0.39 is 0 Å². The maximum Gasteiger partial charge on any atom is 0.146 e. The molecule has 0 atom stereocenters. The molecule has 1 aromatic heterocycles. The molecular weight excluding hydrogens is 166 g/mol. The largest absolute Gasteiger partial charge is 0.383 e. The molecule has 1 rings (SSSR count). The van der Waals surface area contributed by atoms with Gasteiger partial charge in [0.1, 0.15) is 5.82 Å². The molecule has 0 saturated heterocycles. The van der Waals surface area contributed by atoms with Crippen LogP contribution in [0.25, 0.3) is 0 Å².